The van der Waals surface area contributed by atoms with E-state index >= 15 is 0 Å². The van der Waals surface area contributed by atoms with Crippen LogP contribution in [0.3, 0.4) is 0 Å². The Hall–Kier alpha value is -2.26. The lowest BCUT2D eigenvalue weighted by atomic mass is 10.1. The Balaban J connectivity index is 1.56. The number of rotatable bonds is 8. The summed E-state index contributed by atoms with van der Waals surface area (Å²) in [5.41, 5.74) is 7.83. The summed E-state index contributed by atoms with van der Waals surface area (Å²) in [5.74, 6) is 0. The van der Waals surface area contributed by atoms with Crippen molar-refractivity contribution in [1.29, 1.82) is 0 Å². The van der Waals surface area contributed by atoms with Crippen LogP contribution >= 0.6 is 11.3 Å². The molecule has 0 aliphatic heterocycles. The summed E-state index contributed by atoms with van der Waals surface area (Å²) in [5, 5.41) is 11.5. The van der Waals surface area contributed by atoms with Crippen LogP contribution in [0.15, 0.2) is 59.3 Å². The van der Waals surface area contributed by atoms with Crippen LogP contribution in [-0.4, -0.2) is 0 Å². The van der Waals surface area contributed by atoms with Crippen molar-refractivity contribution in [3.63, 3.8) is 0 Å². The van der Waals surface area contributed by atoms with Crippen molar-refractivity contribution in [3.8, 4) is 0 Å². The van der Waals surface area contributed by atoms with Gasteiger partial charge in [0.05, 0.1) is 0 Å². The molecular formula is C22H26N2S. The van der Waals surface area contributed by atoms with E-state index in [1.807, 2.05) is 0 Å². The normalized spacial score (nSPS) is 10.6. The maximum absolute atomic E-state index is 3.53. The number of hydrogen-bond donors (Lipinski definition) is 2. The number of hydrogen-bond acceptors (Lipinski definition) is 3. The van der Waals surface area contributed by atoms with E-state index in [1.54, 1.807) is 11.3 Å². The van der Waals surface area contributed by atoms with Gasteiger partial charge in [0.1, 0.15) is 0 Å². The number of aryl methyl sites for hydroxylation is 2. The fraction of sp³-hybridized carbons (Fsp3) is 0.273. The SMILES string of the molecule is CCc1ccc(NCc2cscc2CNc2ccc(CC)cc2)cc1. The standard InChI is InChI=1S/C22H26N2S/c1-3-17-5-9-21(10-6-17)23-13-19-15-25-16-20(19)14-24-22-11-7-18(4-2)8-12-22/h5-12,15-16,23-24H,3-4,13-14H2,1-2H3. The maximum atomic E-state index is 3.53. The third-order valence-electron chi connectivity index (χ3n) is 4.52. The van der Waals surface area contributed by atoms with E-state index in [1.165, 1.54) is 33.6 Å². The summed E-state index contributed by atoms with van der Waals surface area (Å²) in [7, 11) is 0. The Morgan fingerprint density at radius 2 is 1.04 bits per heavy atom. The Morgan fingerprint density at radius 3 is 1.40 bits per heavy atom. The molecule has 2 nitrogen and oxygen atoms in total. The van der Waals surface area contributed by atoms with Crippen molar-refractivity contribution < 1.29 is 0 Å². The molecule has 25 heavy (non-hydrogen) atoms. The minimum absolute atomic E-state index is 0.862. The van der Waals surface area contributed by atoms with Gasteiger partial charge in [-0.3, -0.25) is 0 Å². The van der Waals surface area contributed by atoms with Crippen LogP contribution in [0.25, 0.3) is 0 Å². The van der Waals surface area contributed by atoms with Gasteiger partial charge in [-0.15, -0.1) is 0 Å². The van der Waals surface area contributed by atoms with E-state index in [4.69, 9.17) is 0 Å². The monoisotopic (exact) mass is 350 g/mol. The molecule has 3 heteroatoms. The summed E-state index contributed by atoms with van der Waals surface area (Å²) in [6.07, 6.45) is 2.17. The van der Waals surface area contributed by atoms with Gasteiger partial charge in [0, 0.05) is 24.5 Å². The van der Waals surface area contributed by atoms with Crippen molar-refractivity contribution in [3.05, 3.63) is 81.5 Å². The second-order valence-electron chi connectivity index (χ2n) is 6.23. The highest BCUT2D eigenvalue weighted by molar-refractivity contribution is 7.08. The van der Waals surface area contributed by atoms with Gasteiger partial charge in [-0.05, 0) is 70.1 Å². The van der Waals surface area contributed by atoms with Crippen molar-refractivity contribution >= 4 is 22.7 Å². The molecular weight excluding hydrogens is 324 g/mol. The number of benzene rings is 2. The molecule has 0 unspecified atom stereocenters. The van der Waals surface area contributed by atoms with Crippen LogP contribution in [0.4, 0.5) is 11.4 Å². The number of anilines is 2. The molecule has 2 aromatic carbocycles. The first-order valence-corrected chi connectivity index (χ1v) is 9.92. The van der Waals surface area contributed by atoms with Gasteiger partial charge < -0.3 is 10.6 Å². The Labute approximate surface area is 154 Å². The van der Waals surface area contributed by atoms with E-state index < -0.39 is 0 Å². The molecule has 0 aliphatic carbocycles. The highest BCUT2D eigenvalue weighted by atomic mass is 32.1. The summed E-state index contributed by atoms with van der Waals surface area (Å²) in [6.45, 7) is 6.09. The van der Waals surface area contributed by atoms with E-state index in [9.17, 15) is 0 Å². The summed E-state index contributed by atoms with van der Waals surface area (Å²) in [4.78, 5) is 0. The first-order chi connectivity index (χ1) is 12.3. The largest absolute Gasteiger partial charge is 0.381 e. The van der Waals surface area contributed by atoms with Gasteiger partial charge in [0.25, 0.3) is 0 Å². The molecule has 3 rings (SSSR count). The van der Waals surface area contributed by atoms with E-state index in [0.29, 0.717) is 0 Å². The highest BCUT2D eigenvalue weighted by Crippen LogP contribution is 2.20. The molecule has 1 aromatic heterocycles. The van der Waals surface area contributed by atoms with E-state index in [0.717, 1.165) is 25.9 Å². The molecule has 0 amide bonds. The van der Waals surface area contributed by atoms with Crippen LogP contribution in [0.1, 0.15) is 36.1 Å². The molecule has 2 N–H and O–H groups in total. The zero-order valence-electron chi connectivity index (χ0n) is 15.0. The summed E-state index contributed by atoms with van der Waals surface area (Å²) >= 11 is 1.77. The van der Waals surface area contributed by atoms with Gasteiger partial charge in [0.15, 0.2) is 0 Å². The third-order valence-corrected chi connectivity index (χ3v) is 5.36. The second-order valence-corrected chi connectivity index (χ2v) is 6.97. The van der Waals surface area contributed by atoms with Crippen LogP contribution in [-0.2, 0) is 25.9 Å². The lowest BCUT2D eigenvalue weighted by Gasteiger charge is -2.10. The average molecular weight is 351 g/mol. The van der Waals surface area contributed by atoms with Gasteiger partial charge in [-0.1, -0.05) is 38.1 Å². The molecule has 0 fully saturated rings. The molecule has 1 heterocycles. The molecule has 3 aromatic rings. The summed E-state index contributed by atoms with van der Waals surface area (Å²) in [6, 6.07) is 17.4. The fourth-order valence-corrected chi connectivity index (χ4v) is 3.64. The van der Waals surface area contributed by atoms with Crippen LogP contribution in [0, 0.1) is 0 Å². The molecule has 0 saturated carbocycles. The van der Waals surface area contributed by atoms with Gasteiger partial charge in [0.2, 0.25) is 0 Å². The third kappa shape index (κ3) is 4.86. The zero-order chi connectivity index (χ0) is 17.5. The molecule has 0 saturated heterocycles. The lowest BCUT2D eigenvalue weighted by Crippen LogP contribution is -2.05. The molecule has 130 valence electrons. The van der Waals surface area contributed by atoms with Gasteiger partial charge >= 0.3 is 0 Å². The van der Waals surface area contributed by atoms with Crippen molar-refractivity contribution in [2.24, 2.45) is 0 Å². The minimum Gasteiger partial charge on any atom is -0.381 e. The fourth-order valence-electron chi connectivity index (χ4n) is 2.77. The first kappa shape index (κ1) is 17.6. The predicted octanol–water partition coefficient (Wildman–Crippen LogP) is 6.10. The molecule has 0 aliphatic rings. The van der Waals surface area contributed by atoms with Gasteiger partial charge in [-0.2, -0.15) is 11.3 Å². The van der Waals surface area contributed by atoms with Crippen LogP contribution < -0.4 is 10.6 Å². The quantitative estimate of drug-likeness (QED) is 0.513. The van der Waals surface area contributed by atoms with E-state index in [2.05, 4.69) is 83.8 Å². The number of nitrogens with one attached hydrogen (secondary N) is 2. The second kappa shape index (κ2) is 8.72. The van der Waals surface area contributed by atoms with Gasteiger partial charge in [-0.25, -0.2) is 0 Å². The zero-order valence-corrected chi connectivity index (χ0v) is 15.8. The maximum Gasteiger partial charge on any atom is 0.0412 e. The Bertz CT molecular complexity index is 707. The number of thiophene rings is 1. The van der Waals surface area contributed by atoms with Crippen molar-refractivity contribution in [2.75, 3.05) is 10.6 Å². The summed E-state index contributed by atoms with van der Waals surface area (Å²) < 4.78 is 0. The highest BCUT2D eigenvalue weighted by Gasteiger charge is 2.04. The molecule has 0 atom stereocenters. The molecule has 0 bridgehead atoms. The Kier molecular flexibility index (Phi) is 6.13. The van der Waals surface area contributed by atoms with Crippen molar-refractivity contribution in [2.45, 2.75) is 39.8 Å². The molecule has 0 radical (unpaired) electrons. The predicted molar refractivity (Wildman–Crippen MR) is 111 cm³/mol. The van der Waals surface area contributed by atoms with Crippen LogP contribution in [0.2, 0.25) is 0 Å². The lowest BCUT2D eigenvalue weighted by molar-refractivity contribution is 1.07. The first-order valence-electron chi connectivity index (χ1n) is 8.98. The topological polar surface area (TPSA) is 24.1 Å². The van der Waals surface area contributed by atoms with Crippen LogP contribution in [0.5, 0.6) is 0 Å². The van der Waals surface area contributed by atoms with E-state index in [-0.39, 0.29) is 0 Å². The Morgan fingerprint density at radius 1 is 0.640 bits per heavy atom. The van der Waals surface area contributed by atoms with Crippen molar-refractivity contribution in [1.82, 2.24) is 0 Å². The molecule has 0 spiro atoms. The average Bonchev–Trinajstić information content (AvgIpc) is 3.13. The smallest absolute Gasteiger partial charge is 0.0412 e. The minimum atomic E-state index is 0.862.